The van der Waals surface area contributed by atoms with E-state index in [4.69, 9.17) is 0 Å². The van der Waals surface area contributed by atoms with E-state index in [1.807, 2.05) is 0 Å². The average molecular weight is 250 g/mol. The van der Waals surface area contributed by atoms with E-state index in [9.17, 15) is 5.11 Å². The van der Waals surface area contributed by atoms with Gasteiger partial charge in [-0.05, 0) is 54.3 Å². The zero-order valence-corrected chi connectivity index (χ0v) is 12.4. The van der Waals surface area contributed by atoms with Crippen molar-refractivity contribution >= 4 is 0 Å². The summed E-state index contributed by atoms with van der Waals surface area (Å²) in [5.74, 6) is 3.93. The Bertz CT molecular complexity index is 303. The summed E-state index contributed by atoms with van der Waals surface area (Å²) in [6.45, 7) is 7.30. The van der Waals surface area contributed by atoms with E-state index in [-0.39, 0.29) is 6.10 Å². The van der Waals surface area contributed by atoms with Crippen molar-refractivity contribution in [3.05, 3.63) is 0 Å². The van der Waals surface area contributed by atoms with Gasteiger partial charge < -0.3 is 5.11 Å². The monoisotopic (exact) mass is 250 g/mol. The summed E-state index contributed by atoms with van der Waals surface area (Å²) >= 11 is 0. The molecule has 0 aromatic carbocycles. The molecule has 0 aliphatic heterocycles. The number of fused-ring (bicyclic) bond motifs is 2. The third-order valence-corrected chi connectivity index (χ3v) is 6.96. The van der Waals surface area contributed by atoms with Crippen molar-refractivity contribution < 1.29 is 5.11 Å². The molecule has 18 heavy (non-hydrogen) atoms. The molecule has 1 unspecified atom stereocenters. The number of hydrogen-bond acceptors (Lipinski definition) is 1. The molecule has 0 aromatic rings. The van der Waals surface area contributed by atoms with Gasteiger partial charge in [0.1, 0.15) is 0 Å². The van der Waals surface area contributed by atoms with Crippen molar-refractivity contribution in [1.82, 2.24) is 0 Å². The van der Waals surface area contributed by atoms with Crippen LogP contribution in [0.4, 0.5) is 0 Å². The van der Waals surface area contributed by atoms with Gasteiger partial charge in [0, 0.05) is 0 Å². The average Bonchev–Trinajstić information content (AvgIpc) is 2.81. The van der Waals surface area contributed by atoms with Crippen LogP contribution in [0.5, 0.6) is 0 Å². The van der Waals surface area contributed by atoms with Crippen LogP contribution in [0.25, 0.3) is 0 Å². The smallest absolute Gasteiger partial charge is 0.0573 e. The minimum absolute atomic E-state index is 0.00972. The van der Waals surface area contributed by atoms with E-state index in [0.29, 0.717) is 11.3 Å². The lowest BCUT2D eigenvalue weighted by atomic mass is 9.43. The van der Waals surface area contributed by atoms with Crippen molar-refractivity contribution in [3.8, 4) is 0 Å². The molecule has 4 rings (SSSR count). The van der Waals surface area contributed by atoms with Gasteiger partial charge in [0.15, 0.2) is 0 Å². The first-order valence-corrected chi connectivity index (χ1v) is 8.18. The van der Waals surface area contributed by atoms with Gasteiger partial charge in [-0.2, -0.15) is 0 Å². The number of rotatable bonds is 3. The Balaban J connectivity index is 1.60. The summed E-state index contributed by atoms with van der Waals surface area (Å²) in [6, 6.07) is 0. The van der Waals surface area contributed by atoms with Crippen molar-refractivity contribution in [3.63, 3.8) is 0 Å². The van der Waals surface area contributed by atoms with Crippen LogP contribution in [0, 0.1) is 35.0 Å². The van der Waals surface area contributed by atoms with Crippen molar-refractivity contribution in [2.75, 3.05) is 0 Å². The standard InChI is InChI=1S/C17H30O/c1-11-14(9-13-10-15(11)17(13,2)3)16(18)8-12-6-4-5-7-12/h11-16,18H,4-10H2,1-3H3/t11-,13+,14+,15+,16?/m0/s1. The zero-order chi connectivity index (χ0) is 12.9. The van der Waals surface area contributed by atoms with Gasteiger partial charge in [-0.25, -0.2) is 0 Å². The Hall–Kier alpha value is -0.0400. The zero-order valence-electron chi connectivity index (χ0n) is 12.4. The molecular formula is C17H30O. The fraction of sp³-hybridized carbons (Fsp3) is 1.00. The second-order valence-corrected chi connectivity index (χ2v) is 8.07. The maximum absolute atomic E-state index is 10.6. The van der Waals surface area contributed by atoms with Crippen LogP contribution < -0.4 is 0 Å². The second kappa shape index (κ2) is 4.51. The second-order valence-electron chi connectivity index (χ2n) is 8.07. The molecule has 104 valence electrons. The van der Waals surface area contributed by atoms with Crippen molar-refractivity contribution in [1.29, 1.82) is 0 Å². The predicted octanol–water partition coefficient (Wildman–Crippen LogP) is 4.25. The molecule has 4 aliphatic rings. The fourth-order valence-electron chi connectivity index (χ4n) is 5.46. The molecule has 0 heterocycles. The summed E-state index contributed by atoms with van der Waals surface area (Å²) in [6.07, 6.45) is 9.34. The molecule has 0 amide bonds. The van der Waals surface area contributed by atoms with Crippen LogP contribution in [-0.2, 0) is 0 Å². The van der Waals surface area contributed by atoms with Gasteiger partial charge in [-0.15, -0.1) is 0 Å². The molecule has 0 radical (unpaired) electrons. The highest BCUT2D eigenvalue weighted by Crippen LogP contribution is 2.63. The van der Waals surface area contributed by atoms with E-state index < -0.39 is 0 Å². The van der Waals surface area contributed by atoms with Gasteiger partial charge in [-0.3, -0.25) is 0 Å². The fourth-order valence-corrected chi connectivity index (χ4v) is 5.46. The number of aliphatic hydroxyl groups excluding tert-OH is 1. The highest BCUT2D eigenvalue weighted by Gasteiger charge is 2.57. The SMILES string of the molecule is C[C@@H]1[C@H]2C[C@@H](C[C@H]1C(O)CC1CCCC1)C2(C)C. The maximum atomic E-state index is 10.6. The lowest BCUT2D eigenvalue weighted by molar-refractivity contribution is -0.154. The van der Waals surface area contributed by atoms with E-state index in [2.05, 4.69) is 20.8 Å². The van der Waals surface area contributed by atoms with Crippen LogP contribution in [0.3, 0.4) is 0 Å². The molecule has 2 bridgehead atoms. The molecule has 1 nitrogen and oxygen atoms in total. The third-order valence-electron chi connectivity index (χ3n) is 6.96. The van der Waals surface area contributed by atoms with Crippen molar-refractivity contribution in [2.24, 2.45) is 35.0 Å². The molecule has 0 aromatic heterocycles. The van der Waals surface area contributed by atoms with E-state index in [1.54, 1.807) is 0 Å². The molecule has 0 saturated heterocycles. The van der Waals surface area contributed by atoms with Gasteiger partial charge in [0.2, 0.25) is 0 Å². The van der Waals surface area contributed by atoms with Crippen LogP contribution >= 0.6 is 0 Å². The molecule has 5 atom stereocenters. The molecule has 4 aliphatic carbocycles. The largest absolute Gasteiger partial charge is 0.393 e. The highest BCUT2D eigenvalue weighted by atomic mass is 16.3. The van der Waals surface area contributed by atoms with Gasteiger partial charge >= 0.3 is 0 Å². The van der Waals surface area contributed by atoms with Crippen LogP contribution in [0.15, 0.2) is 0 Å². The van der Waals surface area contributed by atoms with Gasteiger partial charge in [0.05, 0.1) is 6.10 Å². The predicted molar refractivity (Wildman–Crippen MR) is 75.2 cm³/mol. The van der Waals surface area contributed by atoms with E-state index in [0.717, 1.165) is 30.1 Å². The summed E-state index contributed by atoms with van der Waals surface area (Å²) in [5, 5.41) is 10.6. The van der Waals surface area contributed by atoms with Crippen LogP contribution in [0.1, 0.15) is 65.7 Å². The van der Waals surface area contributed by atoms with E-state index >= 15 is 0 Å². The molecule has 0 spiro atoms. The Morgan fingerprint density at radius 3 is 2.39 bits per heavy atom. The lowest BCUT2D eigenvalue weighted by Gasteiger charge is -2.63. The summed E-state index contributed by atoms with van der Waals surface area (Å²) in [4.78, 5) is 0. The van der Waals surface area contributed by atoms with Crippen LogP contribution in [-0.4, -0.2) is 11.2 Å². The minimum Gasteiger partial charge on any atom is -0.393 e. The first kappa shape index (κ1) is 13.0. The minimum atomic E-state index is -0.00972. The Labute approximate surface area is 112 Å². The number of hydrogen-bond donors (Lipinski definition) is 1. The first-order valence-electron chi connectivity index (χ1n) is 8.18. The molecular weight excluding hydrogens is 220 g/mol. The number of aliphatic hydroxyl groups is 1. The molecule has 1 N–H and O–H groups in total. The normalized spacial score (nSPS) is 44.7. The van der Waals surface area contributed by atoms with Crippen LogP contribution in [0.2, 0.25) is 0 Å². The molecule has 4 fully saturated rings. The Kier molecular flexibility index (Phi) is 3.25. The molecule has 4 saturated carbocycles. The Morgan fingerprint density at radius 1 is 1.17 bits per heavy atom. The summed E-state index contributed by atoms with van der Waals surface area (Å²) in [7, 11) is 0. The first-order chi connectivity index (χ1) is 8.50. The lowest BCUT2D eigenvalue weighted by Crippen LogP contribution is -2.57. The van der Waals surface area contributed by atoms with E-state index in [1.165, 1.54) is 38.5 Å². The van der Waals surface area contributed by atoms with Gasteiger partial charge in [-0.1, -0.05) is 46.5 Å². The maximum Gasteiger partial charge on any atom is 0.0573 e. The Morgan fingerprint density at radius 2 is 1.83 bits per heavy atom. The summed E-state index contributed by atoms with van der Waals surface area (Å²) in [5.41, 5.74) is 0.559. The molecule has 1 heteroatoms. The quantitative estimate of drug-likeness (QED) is 0.794. The van der Waals surface area contributed by atoms with Crippen molar-refractivity contribution in [2.45, 2.75) is 71.8 Å². The third kappa shape index (κ3) is 1.94. The van der Waals surface area contributed by atoms with Gasteiger partial charge in [0.25, 0.3) is 0 Å². The summed E-state index contributed by atoms with van der Waals surface area (Å²) < 4.78 is 0. The topological polar surface area (TPSA) is 20.2 Å². The highest BCUT2D eigenvalue weighted by molar-refractivity contribution is 5.06.